The third-order valence-corrected chi connectivity index (χ3v) is 5.43. The number of hydrogen-bond acceptors (Lipinski definition) is 5. The second kappa shape index (κ2) is 6.93. The van der Waals surface area contributed by atoms with E-state index in [1.807, 2.05) is 0 Å². The number of carbonyl (C=O) groups excluding carboxylic acids is 1. The van der Waals surface area contributed by atoms with E-state index in [4.69, 9.17) is 4.74 Å². The van der Waals surface area contributed by atoms with Crippen LogP contribution in [-0.2, 0) is 14.8 Å². The molecule has 1 aromatic rings. The normalized spacial score (nSPS) is 22.3. The van der Waals surface area contributed by atoms with Gasteiger partial charge in [0.05, 0.1) is 12.6 Å². The first-order valence-corrected chi connectivity index (χ1v) is 8.49. The van der Waals surface area contributed by atoms with E-state index in [-0.39, 0.29) is 11.6 Å². The van der Waals surface area contributed by atoms with Crippen LogP contribution >= 0.6 is 0 Å². The highest BCUT2D eigenvalue weighted by atomic mass is 32.2. The average molecular weight is 337 g/mol. The zero-order valence-corrected chi connectivity index (χ0v) is 13.6. The number of nitrogens with one attached hydrogen (secondary N) is 1. The molecular formula is C15H19N3O4S. The molecule has 8 heteroatoms. The Kier molecular flexibility index (Phi) is 5.17. The van der Waals surface area contributed by atoms with Crippen LogP contribution in [0.3, 0.4) is 0 Å². The van der Waals surface area contributed by atoms with Crippen molar-refractivity contribution in [2.24, 2.45) is 0 Å². The van der Waals surface area contributed by atoms with Crippen molar-refractivity contribution in [2.45, 2.75) is 30.1 Å². The van der Waals surface area contributed by atoms with E-state index in [2.05, 4.69) is 23.5 Å². The summed E-state index contributed by atoms with van der Waals surface area (Å²) in [6.45, 7) is 8.94. The lowest BCUT2D eigenvalue weighted by Crippen LogP contribution is -2.46. The van der Waals surface area contributed by atoms with Gasteiger partial charge in [-0.1, -0.05) is 18.2 Å². The highest BCUT2D eigenvalue weighted by Crippen LogP contribution is 2.20. The molecule has 1 amide bonds. The van der Waals surface area contributed by atoms with Crippen LogP contribution in [0, 0.1) is 0 Å². The van der Waals surface area contributed by atoms with Gasteiger partial charge in [0.1, 0.15) is 6.10 Å². The highest BCUT2D eigenvalue weighted by molar-refractivity contribution is 7.89. The maximum absolute atomic E-state index is 12.8. The summed E-state index contributed by atoms with van der Waals surface area (Å²) < 4.78 is 32.0. The van der Waals surface area contributed by atoms with Crippen LogP contribution < -0.4 is 5.32 Å². The van der Waals surface area contributed by atoms with Crippen molar-refractivity contribution in [3.63, 3.8) is 0 Å². The zero-order valence-electron chi connectivity index (χ0n) is 12.8. The molecule has 1 aliphatic rings. The molecule has 2 rings (SSSR count). The Balaban J connectivity index is 2.33. The maximum atomic E-state index is 12.8. The minimum absolute atomic E-state index is 0.0263. The van der Waals surface area contributed by atoms with E-state index in [9.17, 15) is 13.2 Å². The van der Waals surface area contributed by atoms with E-state index in [0.717, 1.165) is 0 Å². The van der Waals surface area contributed by atoms with Crippen molar-refractivity contribution < 1.29 is 17.9 Å². The molecule has 1 fully saturated rings. The molecule has 3 atom stereocenters. The molecular weight excluding hydrogens is 318 g/mol. The molecule has 1 aromatic heterocycles. The summed E-state index contributed by atoms with van der Waals surface area (Å²) in [4.78, 5) is 15.3. The Labute approximate surface area is 135 Å². The van der Waals surface area contributed by atoms with Crippen LogP contribution in [0.1, 0.15) is 6.92 Å². The SMILES string of the molecule is C=C[C@@H]1NC(=O)O[C@@H]1CN([C@H](C)C=C)S(=O)(=O)c1ccccn1. The third-order valence-electron chi connectivity index (χ3n) is 3.56. The largest absolute Gasteiger partial charge is 0.442 e. The Morgan fingerprint density at radius 1 is 1.48 bits per heavy atom. The van der Waals surface area contributed by atoms with Gasteiger partial charge in [-0.15, -0.1) is 13.2 Å². The molecule has 7 nitrogen and oxygen atoms in total. The number of alkyl carbamates (subject to hydrolysis) is 1. The fourth-order valence-corrected chi connectivity index (χ4v) is 3.79. The van der Waals surface area contributed by atoms with Gasteiger partial charge >= 0.3 is 6.09 Å². The van der Waals surface area contributed by atoms with Crippen LogP contribution in [0.15, 0.2) is 54.7 Å². The van der Waals surface area contributed by atoms with Crippen molar-refractivity contribution in [1.82, 2.24) is 14.6 Å². The Hall–Kier alpha value is -2.19. The molecule has 1 N–H and O–H groups in total. The van der Waals surface area contributed by atoms with Crippen molar-refractivity contribution in [3.05, 3.63) is 49.7 Å². The van der Waals surface area contributed by atoms with Gasteiger partial charge in [0.25, 0.3) is 10.0 Å². The van der Waals surface area contributed by atoms with Crippen LogP contribution in [0.2, 0.25) is 0 Å². The lowest BCUT2D eigenvalue weighted by Gasteiger charge is -2.28. The smallest absolute Gasteiger partial charge is 0.408 e. The number of carbonyl (C=O) groups is 1. The fourth-order valence-electron chi connectivity index (χ4n) is 2.23. The Morgan fingerprint density at radius 2 is 2.22 bits per heavy atom. The molecule has 0 unspecified atom stereocenters. The zero-order chi connectivity index (χ0) is 17.0. The van der Waals surface area contributed by atoms with Gasteiger partial charge in [0.15, 0.2) is 5.03 Å². The number of sulfonamides is 1. The predicted molar refractivity (Wildman–Crippen MR) is 85.2 cm³/mol. The molecule has 0 aliphatic carbocycles. The molecule has 1 saturated heterocycles. The molecule has 2 heterocycles. The molecule has 0 bridgehead atoms. The summed E-state index contributed by atoms with van der Waals surface area (Å²) in [6, 6.07) is 3.70. The molecule has 0 spiro atoms. The number of hydrogen-bond donors (Lipinski definition) is 1. The second-order valence-corrected chi connectivity index (χ2v) is 6.91. The van der Waals surface area contributed by atoms with Crippen molar-refractivity contribution in [1.29, 1.82) is 0 Å². The molecule has 0 aromatic carbocycles. The fraction of sp³-hybridized carbons (Fsp3) is 0.333. The summed E-state index contributed by atoms with van der Waals surface area (Å²) >= 11 is 0. The van der Waals surface area contributed by atoms with E-state index in [0.29, 0.717) is 0 Å². The average Bonchev–Trinajstić information content (AvgIpc) is 2.92. The van der Waals surface area contributed by atoms with E-state index < -0.39 is 34.3 Å². The minimum Gasteiger partial charge on any atom is -0.442 e. The van der Waals surface area contributed by atoms with Gasteiger partial charge in [-0.05, 0) is 19.1 Å². The number of nitrogens with zero attached hydrogens (tertiary/aromatic N) is 2. The number of pyridine rings is 1. The van der Waals surface area contributed by atoms with Gasteiger partial charge in [0.2, 0.25) is 0 Å². The van der Waals surface area contributed by atoms with Crippen LogP contribution in [0.5, 0.6) is 0 Å². The number of ether oxygens (including phenoxy) is 1. The van der Waals surface area contributed by atoms with Crippen LogP contribution in [0.25, 0.3) is 0 Å². The van der Waals surface area contributed by atoms with Gasteiger partial charge in [-0.25, -0.2) is 18.2 Å². The molecule has 0 saturated carbocycles. The van der Waals surface area contributed by atoms with E-state index in [1.165, 1.54) is 28.7 Å². The Bertz CT molecular complexity index is 690. The van der Waals surface area contributed by atoms with Gasteiger partial charge in [-0.3, -0.25) is 0 Å². The monoisotopic (exact) mass is 337 g/mol. The number of cyclic esters (lactones) is 1. The van der Waals surface area contributed by atoms with Gasteiger partial charge < -0.3 is 10.1 Å². The lowest BCUT2D eigenvalue weighted by molar-refractivity contribution is 0.118. The summed E-state index contributed by atoms with van der Waals surface area (Å²) in [5, 5.41) is 2.50. The number of aromatic nitrogens is 1. The molecule has 1 aliphatic heterocycles. The minimum atomic E-state index is -3.85. The topological polar surface area (TPSA) is 88.6 Å². The van der Waals surface area contributed by atoms with Crippen LogP contribution in [0.4, 0.5) is 4.79 Å². The quantitative estimate of drug-likeness (QED) is 0.758. The molecule has 124 valence electrons. The predicted octanol–water partition coefficient (Wildman–Crippen LogP) is 1.31. The second-order valence-electron chi connectivity index (χ2n) is 5.07. The maximum Gasteiger partial charge on any atom is 0.408 e. The summed E-state index contributed by atoms with van der Waals surface area (Å²) in [7, 11) is -3.85. The lowest BCUT2D eigenvalue weighted by atomic mass is 10.1. The van der Waals surface area contributed by atoms with Crippen molar-refractivity contribution >= 4 is 16.1 Å². The first kappa shape index (κ1) is 17.2. The third kappa shape index (κ3) is 3.59. The first-order chi connectivity index (χ1) is 10.9. The van der Waals surface area contributed by atoms with Crippen molar-refractivity contribution in [3.8, 4) is 0 Å². The first-order valence-electron chi connectivity index (χ1n) is 7.05. The molecule has 23 heavy (non-hydrogen) atoms. The van der Waals surface area contributed by atoms with Crippen LogP contribution in [-0.4, -0.2) is 48.5 Å². The summed E-state index contributed by atoms with van der Waals surface area (Å²) in [6.07, 6.45) is 3.17. The molecule has 0 radical (unpaired) electrons. The van der Waals surface area contributed by atoms with Gasteiger partial charge in [0, 0.05) is 12.2 Å². The highest BCUT2D eigenvalue weighted by Gasteiger charge is 2.38. The van der Waals surface area contributed by atoms with E-state index in [1.54, 1.807) is 19.1 Å². The van der Waals surface area contributed by atoms with Gasteiger partial charge in [-0.2, -0.15) is 4.31 Å². The number of rotatable bonds is 7. The number of amides is 1. The standard InChI is InChI=1S/C15H19N3O4S/c1-4-11(3)18(10-13-12(5-2)17-15(19)22-13)23(20,21)14-8-6-7-9-16-14/h4-9,11-13H,1-2,10H2,3H3,(H,17,19)/t11-,12+,13-/m1/s1. The summed E-state index contributed by atoms with van der Waals surface area (Å²) in [5.41, 5.74) is 0. The van der Waals surface area contributed by atoms with Crippen molar-refractivity contribution in [2.75, 3.05) is 6.54 Å². The van der Waals surface area contributed by atoms with E-state index >= 15 is 0 Å². The summed E-state index contributed by atoms with van der Waals surface area (Å²) in [5.74, 6) is 0. The Morgan fingerprint density at radius 3 is 2.78 bits per heavy atom.